The monoisotopic (exact) mass is 721 g/mol. The number of aliphatic hydroxyl groups is 1. The van der Waals surface area contributed by atoms with Crippen molar-refractivity contribution in [2.24, 2.45) is 17.6 Å². The van der Waals surface area contributed by atoms with Crippen LogP contribution in [0, 0.1) is 22.0 Å². The van der Waals surface area contributed by atoms with Gasteiger partial charge in [0.15, 0.2) is 0 Å². The maximum atomic E-state index is 13.8. The Labute approximate surface area is 298 Å². The maximum absolute atomic E-state index is 13.8. The summed E-state index contributed by atoms with van der Waals surface area (Å²) in [6.07, 6.45) is 1.78. The Morgan fingerprint density at radius 3 is 1.78 bits per heavy atom. The molecule has 0 heterocycles. The van der Waals surface area contributed by atoms with Gasteiger partial charge in [-0.2, -0.15) is 0 Å². The Morgan fingerprint density at radius 2 is 1.27 bits per heavy atom. The smallest absolute Gasteiger partial charge is 0.328 e. The lowest BCUT2D eigenvalue weighted by Gasteiger charge is -2.26. The number of amides is 5. The number of hydrogen-bond acceptors (Lipinski definition) is 11. The quantitative estimate of drug-likeness (QED) is 0.0488. The van der Waals surface area contributed by atoms with Crippen molar-refractivity contribution in [2.45, 2.75) is 116 Å². The van der Waals surface area contributed by atoms with E-state index in [4.69, 9.17) is 10.5 Å². The lowest BCUT2D eigenvalue weighted by Crippen LogP contribution is -2.60. The number of nitro groups is 1. The molecule has 1 aromatic rings. The Bertz CT molecular complexity index is 1340. The molecule has 1 rings (SSSR count). The molecule has 17 nitrogen and oxygen atoms in total. The molecule has 0 unspecified atom stereocenters. The van der Waals surface area contributed by atoms with E-state index < -0.39 is 83.3 Å². The molecule has 0 bridgehead atoms. The molecule has 0 aromatic heterocycles. The summed E-state index contributed by atoms with van der Waals surface area (Å²) < 4.78 is 4.79. The molecule has 1 aromatic carbocycles. The fourth-order valence-electron chi connectivity index (χ4n) is 5.01. The minimum absolute atomic E-state index is 0.0544. The van der Waals surface area contributed by atoms with Crippen LogP contribution in [0.2, 0.25) is 0 Å². The molecule has 0 aliphatic rings. The average Bonchev–Trinajstić information content (AvgIpc) is 3.07. The molecule has 17 heteroatoms. The molecule has 0 spiro atoms. The van der Waals surface area contributed by atoms with Crippen molar-refractivity contribution in [3.05, 3.63) is 39.9 Å². The predicted molar refractivity (Wildman–Crippen MR) is 188 cm³/mol. The summed E-state index contributed by atoms with van der Waals surface area (Å²) >= 11 is 0. The maximum Gasteiger partial charge on any atom is 0.328 e. The van der Waals surface area contributed by atoms with Gasteiger partial charge < -0.3 is 42.2 Å². The number of ether oxygens (including phenoxy) is 1. The van der Waals surface area contributed by atoms with Gasteiger partial charge in [-0.3, -0.25) is 34.1 Å². The number of rotatable bonds is 22. The number of aliphatic hydroxyl groups excluding tert-OH is 1. The highest BCUT2D eigenvalue weighted by atomic mass is 16.6. The molecule has 0 aliphatic heterocycles. The Balaban J connectivity index is 3.26. The van der Waals surface area contributed by atoms with Crippen LogP contribution >= 0.6 is 0 Å². The van der Waals surface area contributed by atoms with Gasteiger partial charge in [0.2, 0.25) is 29.5 Å². The number of nitro benzene ring substituents is 1. The molecule has 51 heavy (non-hydrogen) atoms. The van der Waals surface area contributed by atoms with Crippen LogP contribution in [-0.2, 0) is 39.9 Å². The van der Waals surface area contributed by atoms with Crippen molar-refractivity contribution in [2.75, 3.05) is 13.7 Å². The number of non-ortho nitro benzene ring substituents is 1. The van der Waals surface area contributed by atoms with Crippen LogP contribution in [0.4, 0.5) is 5.69 Å². The van der Waals surface area contributed by atoms with Gasteiger partial charge in [0.1, 0.15) is 30.2 Å². The molecule has 0 aliphatic carbocycles. The number of nitrogens with two attached hydrogens (primary N) is 1. The Hall–Kier alpha value is -4.64. The molecule has 0 fully saturated rings. The van der Waals surface area contributed by atoms with Crippen LogP contribution in [0.25, 0.3) is 0 Å². The first-order valence-corrected chi connectivity index (χ1v) is 17.1. The van der Waals surface area contributed by atoms with Crippen molar-refractivity contribution in [3.63, 3.8) is 0 Å². The summed E-state index contributed by atoms with van der Waals surface area (Å²) in [5.41, 5.74) is 6.15. The molecular formula is C34H55N7O10. The average molecular weight is 722 g/mol. The van der Waals surface area contributed by atoms with Crippen LogP contribution in [-0.4, -0.2) is 95.5 Å². The van der Waals surface area contributed by atoms with Crippen LogP contribution in [0.5, 0.6) is 0 Å². The summed E-state index contributed by atoms with van der Waals surface area (Å²) in [6.45, 7) is 9.95. The van der Waals surface area contributed by atoms with E-state index in [1.807, 2.05) is 34.6 Å². The van der Waals surface area contributed by atoms with Gasteiger partial charge in [0.25, 0.3) is 5.69 Å². The number of unbranched alkanes of at least 4 members (excludes halogenated alkanes) is 1. The van der Waals surface area contributed by atoms with Gasteiger partial charge >= 0.3 is 5.97 Å². The molecule has 286 valence electrons. The lowest BCUT2D eigenvalue weighted by molar-refractivity contribution is -0.384. The van der Waals surface area contributed by atoms with E-state index in [1.165, 1.54) is 38.3 Å². The topological polar surface area (TPSA) is 261 Å². The highest BCUT2D eigenvalue weighted by Crippen LogP contribution is 2.14. The Morgan fingerprint density at radius 1 is 0.765 bits per heavy atom. The third-order valence-corrected chi connectivity index (χ3v) is 7.84. The summed E-state index contributed by atoms with van der Waals surface area (Å²) in [5, 5.41) is 33.8. The molecule has 6 atom stereocenters. The number of esters is 1. The zero-order valence-corrected chi connectivity index (χ0v) is 30.5. The normalized spacial score (nSPS) is 14.6. The first kappa shape index (κ1) is 44.4. The van der Waals surface area contributed by atoms with E-state index in [2.05, 4.69) is 26.6 Å². The van der Waals surface area contributed by atoms with Crippen LogP contribution < -0.4 is 32.3 Å². The number of nitrogens with zero attached hydrogens (tertiary/aromatic N) is 1. The number of nitrogens with one attached hydrogen (secondary N) is 5. The van der Waals surface area contributed by atoms with Gasteiger partial charge in [-0.05, 0) is 43.6 Å². The summed E-state index contributed by atoms with van der Waals surface area (Å²) in [7, 11) is 1.20. The number of carbonyl (C=O) groups excluding carboxylic acids is 6. The fourth-order valence-corrected chi connectivity index (χ4v) is 5.01. The van der Waals surface area contributed by atoms with Crippen molar-refractivity contribution in [3.8, 4) is 0 Å². The number of methoxy groups -OCH3 is 1. The fraction of sp³-hybridized carbons (Fsp3) is 0.647. The van der Waals surface area contributed by atoms with Crippen LogP contribution in [0.1, 0.15) is 79.2 Å². The Kier molecular flexibility index (Phi) is 19.3. The van der Waals surface area contributed by atoms with E-state index in [0.29, 0.717) is 31.2 Å². The number of benzene rings is 1. The van der Waals surface area contributed by atoms with Gasteiger partial charge in [0.05, 0.1) is 24.7 Å². The van der Waals surface area contributed by atoms with Gasteiger partial charge in [-0.25, -0.2) is 4.79 Å². The number of carbonyl (C=O) groups is 6. The van der Waals surface area contributed by atoms with Gasteiger partial charge in [-0.15, -0.1) is 0 Å². The second-order valence-corrected chi connectivity index (χ2v) is 13.3. The highest BCUT2D eigenvalue weighted by Gasteiger charge is 2.32. The minimum atomic E-state index is -1.47. The first-order chi connectivity index (χ1) is 23.9. The van der Waals surface area contributed by atoms with Crippen molar-refractivity contribution in [1.29, 1.82) is 0 Å². The van der Waals surface area contributed by atoms with E-state index in [-0.39, 0.29) is 30.4 Å². The van der Waals surface area contributed by atoms with E-state index in [9.17, 15) is 44.0 Å². The van der Waals surface area contributed by atoms with E-state index in [1.54, 1.807) is 0 Å². The van der Waals surface area contributed by atoms with Gasteiger partial charge in [-0.1, -0.05) is 59.6 Å². The van der Waals surface area contributed by atoms with E-state index in [0.717, 1.165) is 0 Å². The lowest BCUT2D eigenvalue weighted by atomic mass is 10.0. The van der Waals surface area contributed by atoms with Crippen molar-refractivity contribution in [1.82, 2.24) is 26.6 Å². The van der Waals surface area contributed by atoms with Gasteiger partial charge in [0, 0.05) is 18.6 Å². The summed E-state index contributed by atoms with van der Waals surface area (Å²) in [6, 6.07) is -1.71. The second-order valence-electron chi connectivity index (χ2n) is 13.3. The molecule has 0 radical (unpaired) electrons. The third-order valence-electron chi connectivity index (χ3n) is 7.84. The van der Waals surface area contributed by atoms with Crippen molar-refractivity contribution >= 4 is 41.2 Å². The summed E-state index contributed by atoms with van der Waals surface area (Å²) in [4.78, 5) is 88.8. The molecule has 5 amide bonds. The zero-order chi connectivity index (χ0) is 38.8. The SMILES string of the molecule is CCCC[C@H](NC(=O)[C@H](Cc1ccc([N+](=O)[O-])cc1)NC(=O)[C@H](CO)NC(=O)[C@@H](N)CC(C)C)C(=O)N[C@@H](C)C(=O)N[C@@H](CC(C)C)C(=O)OC. The molecule has 0 saturated heterocycles. The standard InChI is InChI=1S/C34H55N7O10/c1-8-9-10-25(31(45)36-21(6)29(43)39-27(16-20(4)5)34(48)51-7)37-32(46)26(17-22-11-13-23(14-12-22)41(49)50)38-33(47)28(18-42)40-30(44)24(35)15-19(2)3/h11-14,19-21,24-28,42H,8-10,15-18,35H2,1-7H3,(H,36,45)(H,37,46)(H,38,47)(H,39,43)(H,40,44)/t21-,24-,25-,26-,27-,28-/m0/s1. The van der Waals surface area contributed by atoms with E-state index >= 15 is 0 Å². The van der Waals surface area contributed by atoms with Crippen LogP contribution in [0.3, 0.4) is 0 Å². The zero-order valence-electron chi connectivity index (χ0n) is 30.5. The largest absolute Gasteiger partial charge is 0.467 e. The minimum Gasteiger partial charge on any atom is -0.467 e. The first-order valence-electron chi connectivity index (χ1n) is 17.1. The molecule has 8 N–H and O–H groups in total. The number of hydrogen-bond donors (Lipinski definition) is 7. The molecular weight excluding hydrogens is 666 g/mol. The van der Waals surface area contributed by atoms with Crippen molar-refractivity contribution < 1.29 is 43.5 Å². The third kappa shape index (κ3) is 15.8. The van der Waals surface area contributed by atoms with Crippen LogP contribution in [0.15, 0.2) is 24.3 Å². The predicted octanol–water partition coefficient (Wildman–Crippen LogP) is 0.356. The highest BCUT2D eigenvalue weighted by molar-refractivity contribution is 5.96. The molecule has 0 saturated carbocycles. The second kappa shape index (κ2) is 22.2. The summed E-state index contributed by atoms with van der Waals surface area (Å²) in [5.74, 6) is -4.23.